The lowest BCUT2D eigenvalue weighted by Gasteiger charge is -2.13. The Kier molecular flexibility index (Phi) is 3.89. The van der Waals surface area contributed by atoms with E-state index >= 15 is 0 Å². The molecule has 0 saturated heterocycles. The summed E-state index contributed by atoms with van der Waals surface area (Å²) in [7, 11) is 0. The van der Waals surface area contributed by atoms with Gasteiger partial charge < -0.3 is 9.67 Å². The number of carboxylic acids is 1. The molecule has 122 valence electrons. The van der Waals surface area contributed by atoms with Gasteiger partial charge in [-0.2, -0.15) is 0 Å². The molecule has 1 unspecified atom stereocenters. The first-order valence-electron chi connectivity index (χ1n) is 7.40. The van der Waals surface area contributed by atoms with Crippen LogP contribution in [-0.2, 0) is 4.79 Å². The van der Waals surface area contributed by atoms with Crippen molar-refractivity contribution < 1.29 is 19.1 Å². The molecular weight excluding hydrogens is 311 g/mol. The number of nitrogens with zero attached hydrogens (tertiary/aromatic N) is 2. The standard InChI is InChI=1S/C18H15FN2O3/c1-10(18(23)24)21-16-7-6-12(11(2)22)9-15(16)20-17(21)13-4-3-5-14(19)8-13/h3-10H,1-2H3,(H,23,24). The number of imidazole rings is 1. The summed E-state index contributed by atoms with van der Waals surface area (Å²) < 4.78 is 15.1. The second-order valence-corrected chi connectivity index (χ2v) is 5.59. The predicted octanol–water partition coefficient (Wildman–Crippen LogP) is 3.69. The number of Topliss-reactive ketones (excluding diaryl/α,β-unsaturated/α-hetero) is 1. The first-order chi connectivity index (χ1) is 11.4. The van der Waals surface area contributed by atoms with Gasteiger partial charge in [0.25, 0.3) is 0 Å². The van der Waals surface area contributed by atoms with Crippen LogP contribution < -0.4 is 0 Å². The number of carboxylic acid groups (broad SMARTS) is 1. The zero-order valence-electron chi connectivity index (χ0n) is 13.2. The van der Waals surface area contributed by atoms with Crippen molar-refractivity contribution in [2.75, 3.05) is 0 Å². The maximum absolute atomic E-state index is 13.6. The Balaban J connectivity index is 2.32. The Morgan fingerprint density at radius 3 is 2.58 bits per heavy atom. The van der Waals surface area contributed by atoms with Crippen molar-refractivity contribution in [3.8, 4) is 11.4 Å². The minimum Gasteiger partial charge on any atom is -0.480 e. The lowest BCUT2D eigenvalue weighted by atomic mass is 10.1. The minimum atomic E-state index is -1.03. The molecule has 0 aliphatic rings. The van der Waals surface area contributed by atoms with Crippen molar-refractivity contribution in [3.63, 3.8) is 0 Å². The summed E-state index contributed by atoms with van der Waals surface area (Å²) in [5.41, 5.74) is 2.04. The zero-order valence-corrected chi connectivity index (χ0v) is 13.2. The van der Waals surface area contributed by atoms with E-state index in [9.17, 15) is 19.1 Å². The van der Waals surface area contributed by atoms with Gasteiger partial charge in [0.1, 0.15) is 17.7 Å². The number of hydrogen-bond donors (Lipinski definition) is 1. The van der Waals surface area contributed by atoms with Crippen LogP contribution in [0.15, 0.2) is 42.5 Å². The molecule has 0 saturated carbocycles. The fourth-order valence-corrected chi connectivity index (χ4v) is 2.65. The van der Waals surface area contributed by atoms with Gasteiger partial charge in [-0.05, 0) is 44.2 Å². The van der Waals surface area contributed by atoms with Gasteiger partial charge in [-0.25, -0.2) is 14.2 Å². The minimum absolute atomic E-state index is 0.106. The van der Waals surface area contributed by atoms with Crippen molar-refractivity contribution in [2.45, 2.75) is 19.9 Å². The number of hydrogen-bond acceptors (Lipinski definition) is 3. The van der Waals surface area contributed by atoms with Crippen molar-refractivity contribution in [3.05, 3.63) is 53.8 Å². The number of rotatable bonds is 4. The van der Waals surface area contributed by atoms with E-state index in [4.69, 9.17) is 0 Å². The molecule has 1 heterocycles. The molecule has 0 fully saturated rings. The van der Waals surface area contributed by atoms with Crippen LogP contribution in [0.3, 0.4) is 0 Å². The van der Waals surface area contributed by atoms with Crippen molar-refractivity contribution in [1.82, 2.24) is 9.55 Å². The second-order valence-electron chi connectivity index (χ2n) is 5.59. The van der Waals surface area contributed by atoms with Crippen LogP contribution in [0.1, 0.15) is 30.2 Å². The summed E-state index contributed by atoms with van der Waals surface area (Å²) in [5, 5.41) is 9.41. The monoisotopic (exact) mass is 326 g/mol. The van der Waals surface area contributed by atoms with Gasteiger partial charge in [0.2, 0.25) is 0 Å². The Morgan fingerprint density at radius 2 is 1.96 bits per heavy atom. The molecule has 5 nitrogen and oxygen atoms in total. The maximum atomic E-state index is 13.6. The zero-order chi connectivity index (χ0) is 17.4. The van der Waals surface area contributed by atoms with Crippen LogP contribution in [0.5, 0.6) is 0 Å². The predicted molar refractivity (Wildman–Crippen MR) is 87.5 cm³/mol. The van der Waals surface area contributed by atoms with E-state index in [1.54, 1.807) is 30.3 Å². The van der Waals surface area contributed by atoms with Gasteiger partial charge in [0, 0.05) is 11.1 Å². The van der Waals surface area contributed by atoms with Gasteiger partial charge in [-0.15, -0.1) is 0 Å². The van der Waals surface area contributed by atoms with E-state index in [0.29, 0.717) is 28.0 Å². The van der Waals surface area contributed by atoms with Gasteiger partial charge in [0.05, 0.1) is 11.0 Å². The third kappa shape index (κ3) is 2.67. The number of halogens is 1. The normalized spacial score (nSPS) is 12.3. The molecule has 6 heteroatoms. The number of fused-ring (bicyclic) bond motifs is 1. The highest BCUT2D eigenvalue weighted by molar-refractivity contribution is 5.98. The molecule has 1 N–H and O–H groups in total. The van der Waals surface area contributed by atoms with Crippen molar-refractivity contribution >= 4 is 22.8 Å². The van der Waals surface area contributed by atoms with Crippen LogP contribution in [-0.4, -0.2) is 26.4 Å². The van der Waals surface area contributed by atoms with Crippen LogP contribution in [0.2, 0.25) is 0 Å². The van der Waals surface area contributed by atoms with E-state index in [1.807, 2.05) is 0 Å². The summed E-state index contributed by atoms with van der Waals surface area (Å²) in [6, 6.07) is 9.85. The summed E-state index contributed by atoms with van der Waals surface area (Å²) in [6.45, 7) is 2.98. The van der Waals surface area contributed by atoms with Crippen molar-refractivity contribution in [2.24, 2.45) is 0 Å². The average Bonchev–Trinajstić information content (AvgIpc) is 2.92. The Labute approximate surface area is 137 Å². The smallest absolute Gasteiger partial charge is 0.326 e. The summed E-state index contributed by atoms with van der Waals surface area (Å²) in [4.78, 5) is 27.5. The fourth-order valence-electron chi connectivity index (χ4n) is 2.65. The molecule has 0 aliphatic carbocycles. The molecule has 3 rings (SSSR count). The number of aliphatic carboxylic acids is 1. The number of ketones is 1. The Hall–Kier alpha value is -3.02. The highest BCUT2D eigenvalue weighted by atomic mass is 19.1. The molecule has 2 aromatic carbocycles. The highest BCUT2D eigenvalue weighted by Crippen LogP contribution is 2.29. The van der Waals surface area contributed by atoms with E-state index in [0.717, 1.165) is 0 Å². The Bertz CT molecular complexity index is 962. The molecule has 0 aliphatic heterocycles. The van der Waals surface area contributed by atoms with E-state index in [2.05, 4.69) is 4.98 Å². The lowest BCUT2D eigenvalue weighted by molar-refractivity contribution is -0.140. The fraction of sp³-hybridized carbons (Fsp3) is 0.167. The van der Waals surface area contributed by atoms with Crippen LogP contribution >= 0.6 is 0 Å². The first-order valence-corrected chi connectivity index (χ1v) is 7.40. The van der Waals surface area contributed by atoms with E-state index < -0.39 is 17.8 Å². The van der Waals surface area contributed by atoms with E-state index in [1.165, 1.54) is 30.5 Å². The molecule has 24 heavy (non-hydrogen) atoms. The van der Waals surface area contributed by atoms with Gasteiger partial charge in [-0.3, -0.25) is 4.79 Å². The quantitative estimate of drug-likeness (QED) is 0.742. The number of aromatic nitrogens is 2. The van der Waals surface area contributed by atoms with Crippen molar-refractivity contribution in [1.29, 1.82) is 0 Å². The third-order valence-corrected chi connectivity index (χ3v) is 3.92. The summed E-state index contributed by atoms with van der Waals surface area (Å²) >= 11 is 0. The number of carbonyl (C=O) groups excluding carboxylic acids is 1. The average molecular weight is 326 g/mol. The van der Waals surface area contributed by atoms with Crippen LogP contribution in [0.4, 0.5) is 4.39 Å². The number of benzene rings is 2. The van der Waals surface area contributed by atoms with E-state index in [-0.39, 0.29) is 5.78 Å². The Morgan fingerprint density at radius 1 is 1.21 bits per heavy atom. The third-order valence-electron chi connectivity index (χ3n) is 3.92. The molecule has 0 spiro atoms. The second kappa shape index (κ2) is 5.88. The van der Waals surface area contributed by atoms with Crippen LogP contribution in [0.25, 0.3) is 22.4 Å². The molecule has 1 aromatic heterocycles. The van der Waals surface area contributed by atoms with Gasteiger partial charge in [-0.1, -0.05) is 12.1 Å². The SMILES string of the molecule is CC(=O)c1ccc2c(c1)nc(-c1cccc(F)c1)n2C(C)C(=O)O. The molecule has 1 atom stereocenters. The topological polar surface area (TPSA) is 72.2 Å². The highest BCUT2D eigenvalue weighted by Gasteiger charge is 2.22. The first kappa shape index (κ1) is 15.9. The maximum Gasteiger partial charge on any atom is 0.326 e. The van der Waals surface area contributed by atoms with Gasteiger partial charge >= 0.3 is 5.97 Å². The lowest BCUT2D eigenvalue weighted by Crippen LogP contribution is -2.16. The summed E-state index contributed by atoms with van der Waals surface area (Å²) in [5.74, 6) is -1.22. The summed E-state index contributed by atoms with van der Waals surface area (Å²) in [6.07, 6.45) is 0. The van der Waals surface area contributed by atoms with Crippen LogP contribution in [0, 0.1) is 5.82 Å². The molecule has 0 radical (unpaired) electrons. The molecule has 3 aromatic rings. The number of carbonyl (C=O) groups is 2. The van der Waals surface area contributed by atoms with Gasteiger partial charge in [0.15, 0.2) is 5.78 Å². The molecule has 0 bridgehead atoms. The molecular formula is C18H15FN2O3. The molecule has 0 amide bonds. The largest absolute Gasteiger partial charge is 0.480 e.